The number of fused-ring (bicyclic) bond motifs is 1. The lowest BCUT2D eigenvalue weighted by Gasteiger charge is -2.39. The van der Waals surface area contributed by atoms with E-state index in [2.05, 4.69) is 65.1 Å². The van der Waals surface area contributed by atoms with Gasteiger partial charge in [-0.2, -0.15) is 0 Å². The minimum atomic E-state index is -1.96. The van der Waals surface area contributed by atoms with Gasteiger partial charge in [0.25, 0.3) is 5.91 Å². The van der Waals surface area contributed by atoms with Crippen LogP contribution in [0.4, 0.5) is 0 Å². The molecule has 1 N–H and O–H groups in total. The molecule has 10 heteroatoms. The van der Waals surface area contributed by atoms with Gasteiger partial charge in [-0.3, -0.25) is 14.2 Å². The fraction of sp³-hybridized carbons (Fsp3) is 0.652. The van der Waals surface area contributed by atoms with Crippen molar-refractivity contribution in [1.82, 2.24) is 19.9 Å². The molecule has 2 aromatic heterocycles. The largest absolute Gasteiger partial charge is 0.443 e. The number of halogens is 1. The van der Waals surface area contributed by atoms with Crippen LogP contribution in [0.25, 0.3) is 11.2 Å². The summed E-state index contributed by atoms with van der Waals surface area (Å²) < 4.78 is 13.9. The van der Waals surface area contributed by atoms with E-state index >= 15 is 0 Å². The second-order valence-electron chi connectivity index (χ2n) is 11.6. The van der Waals surface area contributed by atoms with Crippen molar-refractivity contribution >= 4 is 47.3 Å². The molecular weight excluding hydrogens is 504 g/mol. The lowest BCUT2D eigenvalue weighted by molar-refractivity contribution is -0.156. The zero-order chi connectivity index (χ0) is 25.4. The highest BCUT2D eigenvalue weighted by atomic mass is 79.9. The summed E-state index contributed by atoms with van der Waals surface area (Å²) in [4.78, 5) is 34.3. The van der Waals surface area contributed by atoms with Crippen LogP contribution in [0, 0.1) is 5.41 Å². The predicted octanol–water partition coefficient (Wildman–Crippen LogP) is 5.27. The fourth-order valence-electron chi connectivity index (χ4n) is 2.63. The molecule has 33 heavy (non-hydrogen) atoms. The normalized spacial score (nSPS) is 13.3. The molecule has 0 aliphatic rings. The number of aromatic nitrogens is 3. The van der Waals surface area contributed by atoms with Gasteiger partial charge in [-0.15, -0.1) is 0 Å². The molecule has 8 nitrogen and oxygen atoms in total. The third-order valence-corrected chi connectivity index (χ3v) is 10.6. The Morgan fingerprint density at radius 1 is 1.12 bits per heavy atom. The molecule has 0 spiro atoms. The van der Waals surface area contributed by atoms with Crippen LogP contribution in [0.3, 0.4) is 0 Å². The van der Waals surface area contributed by atoms with Gasteiger partial charge in [0.05, 0.1) is 29.3 Å². The van der Waals surface area contributed by atoms with Crippen molar-refractivity contribution in [2.45, 2.75) is 85.8 Å². The van der Waals surface area contributed by atoms with E-state index in [0.29, 0.717) is 27.9 Å². The van der Waals surface area contributed by atoms with Gasteiger partial charge in [0.15, 0.2) is 20.7 Å². The highest BCUT2D eigenvalue weighted by Gasteiger charge is 2.39. The third kappa shape index (κ3) is 6.86. The Bertz CT molecular complexity index is 1040. The maximum atomic E-state index is 13.3. The molecule has 0 bridgehead atoms. The first-order valence-electron chi connectivity index (χ1n) is 11.0. The Morgan fingerprint density at radius 2 is 1.73 bits per heavy atom. The van der Waals surface area contributed by atoms with Crippen molar-refractivity contribution in [2.75, 3.05) is 6.61 Å². The van der Waals surface area contributed by atoms with Gasteiger partial charge in [0.1, 0.15) is 10.1 Å². The Morgan fingerprint density at radius 3 is 2.27 bits per heavy atom. The van der Waals surface area contributed by atoms with Gasteiger partial charge < -0.3 is 14.5 Å². The van der Waals surface area contributed by atoms with Gasteiger partial charge in [0.2, 0.25) is 0 Å². The lowest BCUT2D eigenvalue weighted by Crippen LogP contribution is -2.51. The number of carbonyl (C=O) groups excluding carboxylic acids is 2. The van der Waals surface area contributed by atoms with Gasteiger partial charge in [-0.25, -0.2) is 9.97 Å². The summed E-state index contributed by atoms with van der Waals surface area (Å²) in [5.74, 6) is -0.638. The van der Waals surface area contributed by atoms with E-state index in [-0.39, 0.29) is 23.6 Å². The highest BCUT2D eigenvalue weighted by Crippen LogP contribution is 2.37. The molecule has 2 rings (SSSR count). The quantitative estimate of drug-likeness (QED) is 0.379. The average molecular weight is 542 g/mol. The maximum Gasteiger partial charge on any atom is 0.312 e. The Kier molecular flexibility index (Phi) is 7.87. The molecule has 2 aromatic rings. The van der Waals surface area contributed by atoms with Crippen LogP contribution in [0.5, 0.6) is 0 Å². The van der Waals surface area contributed by atoms with Crippen molar-refractivity contribution in [1.29, 1.82) is 0 Å². The van der Waals surface area contributed by atoms with Crippen LogP contribution in [0.1, 0.15) is 65.7 Å². The van der Waals surface area contributed by atoms with E-state index in [1.165, 1.54) is 0 Å². The number of carbonyl (C=O) groups is 2. The Labute approximate surface area is 206 Å². The standard InChI is InChI=1S/C23H37BrN4O4Si/c1-21(2,3)20(30)31-14-28-12-15(17-18(28)25-11-16(24)26-17)19(29)27-23(7,8)13-32-33(9,10)22(4,5)6/h11-12H,13-14H2,1-10H3,(H,27,29). The van der Waals surface area contributed by atoms with E-state index in [0.717, 1.165) is 0 Å². The summed E-state index contributed by atoms with van der Waals surface area (Å²) in [6, 6.07) is 0. The molecule has 0 atom stereocenters. The van der Waals surface area contributed by atoms with Crippen LogP contribution in [-0.2, 0) is 20.7 Å². The second kappa shape index (κ2) is 9.46. The van der Waals surface area contributed by atoms with Crippen LogP contribution in [0.15, 0.2) is 17.0 Å². The highest BCUT2D eigenvalue weighted by molar-refractivity contribution is 9.10. The van der Waals surface area contributed by atoms with E-state index in [9.17, 15) is 9.59 Å². The molecule has 0 unspecified atom stereocenters. The van der Waals surface area contributed by atoms with Crippen LogP contribution >= 0.6 is 15.9 Å². The van der Waals surface area contributed by atoms with Gasteiger partial charge >= 0.3 is 5.97 Å². The maximum absolute atomic E-state index is 13.3. The van der Waals surface area contributed by atoms with Crippen molar-refractivity contribution in [3.63, 3.8) is 0 Å². The number of rotatable bonds is 7. The number of nitrogens with one attached hydrogen (secondary N) is 1. The Balaban J connectivity index is 2.26. The number of ether oxygens (including phenoxy) is 1. The molecule has 0 saturated heterocycles. The zero-order valence-corrected chi connectivity index (χ0v) is 24.0. The van der Waals surface area contributed by atoms with Crippen molar-refractivity contribution in [2.24, 2.45) is 5.41 Å². The first-order valence-corrected chi connectivity index (χ1v) is 14.7. The fourth-order valence-corrected chi connectivity index (χ4v) is 4.06. The molecule has 1 amide bonds. The number of hydrogen-bond acceptors (Lipinski definition) is 6. The molecule has 184 valence electrons. The van der Waals surface area contributed by atoms with Crippen LogP contribution < -0.4 is 5.32 Å². The summed E-state index contributed by atoms with van der Waals surface area (Å²) in [5, 5.41) is 3.14. The minimum Gasteiger partial charge on any atom is -0.443 e. The van der Waals surface area contributed by atoms with E-state index < -0.39 is 19.3 Å². The van der Waals surface area contributed by atoms with Gasteiger partial charge in [-0.1, -0.05) is 20.8 Å². The van der Waals surface area contributed by atoms with Crippen LogP contribution in [-0.4, -0.2) is 46.9 Å². The van der Waals surface area contributed by atoms with Gasteiger partial charge in [-0.05, 0) is 68.7 Å². The first-order chi connectivity index (χ1) is 14.8. The van der Waals surface area contributed by atoms with Crippen molar-refractivity contribution < 1.29 is 18.8 Å². The molecule has 0 aromatic carbocycles. The second-order valence-corrected chi connectivity index (χ2v) is 17.2. The molecule has 0 radical (unpaired) electrons. The molecule has 0 saturated carbocycles. The first kappa shape index (κ1) is 27.5. The minimum absolute atomic E-state index is 0.0614. The zero-order valence-electron chi connectivity index (χ0n) is 21.4. The summed E-state index contributed by atoms with van der Waals surface area (Å²) in [5.41, 5.74) is 0.00627. The monoisotopic (exact) mass is 540 g/mol. The Hall–Kier alpha value is -1.78. The molecular formula is C23H37BrN4O4Si. The third-order valence-electron chi connectivity index (χ3n) is 5.78. The van der Waals surface area contributed by atoms with Crippen LogP contribution in [0.2, 0.25) is 18.1 Å². The number of amides is 1. The van der Waals surface area contributed by atoms with E-state index in [4.69, 9.17) is 9.16 Å². The number of nitrogens with zero attached hydrogens (tertiary/aromatic N) is 3. The lowest BCUT2D eigenvalue weighted by atomic mass is 9.98. The summed E-state index contributed by atoms with van der Waals surface area (Å²) >= 11 is 3.32. The molecule has 2 heterocycles. The summed E-state index contributed by atoms with van der Waals surface area (Å²) in [7, 11) is -1.96. The molecule has 0 aliphatic heterocycles. The molecule has 0 aliphatic carbocycles. The SMILES string of the molecule is CC(C)(CO[Si](C)(C)C(C)(C)C)NC(=O)c1cn(COC(=O)C(C)(C)C)c2ncc(Br)nc12. The summed E-state index contributed by atoms with van der Waals surface area (Å²) in [6.07, 6.45) is 3.16. The van der Waals surface area contributed by atoms with E-state index in [1.807, 2.05) is 13.8 Å². The van der Waals surface area contributed by atoms with Crippen molar-refractivity contribution in [3.8, 4) is 0 Å². The summed E-state index contributed by atoms with van der Waals surface area (Å²) in [6.45, 7) is 20.5. The topological polar surface area (TPSA) is 95.3 Å². The smallest absolute Gasteiger partial charge is 0.312 e. The number of hydrogen-bond donors (Lipinski definition) is 1. The van der Waals surface area contributed by atoms with Crippen molar-refractivity contribution in [3.05, 3.63) is 22.6 Å². The number of esters is 1. The van der Waals surface area contributed by atoms with E-state index in [1.54, 1.807) is 37.7 Å². The molecule has 0 fully saturated rings. The predicted molar refractivity (Wildman–Crippen MR) is 135 cm³/mol. The van der Waals surface area contributed by atoms with Gasteiger partial charge in [0, 0.05) is 6.20 Å². The average Bonchev–Trinajstić information content (AvgIpc) is 3.00.